The van der Waals surface area contributed by atoms with E-state index in [4.69, 9.17) is 0 Å². The van der Waals surface area contributed by atoms with Crippen molar-refractivity contribution >= 4 is 27.1 Å². The molecule has 0 unspecified atom stereocenters. The number of aryl methyl sites for hydroxylation is 2. The van der Waals surface area contributed by atoms with Crippen LogP contribution in [0.15, 0.2) is 41.1 Å². The molecule has 3 aromatic heterocycles. The lowest BCUT2D eigenvalue weighted by atomic mass is 10.2. The van der Waals surface area contributed by atoms with Crippen molar-refractivity contribution < 1.29 is 8.78 Å². The van der Waals surface area contributed by atoms with Gasteiger partial charge in [0.2, 0.25) is 0 Å². The predicted molar refractivity (Wildman–Crippen MR) is 101 cm³/mol. The average Bonchev–Trinajstić information content (AvgIpc) is 2.97. The maximum absolute atomic E-state index is 14.4. The molecule has 4 rings (SSSR count). The van der Waals surface area contributed by atoms with Crippen molar-refractivity contribution in [3.63, 3.8) is 0 Å². The Labute approximate surface area is 162 Å². The molecule has 8 heteroatoms. The molecule has 0 radical (unpaired) electrons. The highest BCUT2D eigenvalue weighted by molar-refractivity contribution is 9.10. The number of rotatable bonds is 3. The van der Waals surface area contributed by atoms with Gasteiger partial charge in [0.1, 0.15) is 28.8 Å². The van der Waals surface area contributed by atoms with E-state index in [9.17, 15) is 8.78 Å². The number of hydrogen-bond donors (Lipinski definition) is 0. The Balaban J connectivity index is 1.98. The third-order valence-electron chi connectivity index (χ3n) is 4.18. The third-order valence-corrected chi connectivity index (χ3v) is 4.67. The van der Waals surface area contributed by atoms with E-state index in [1.165, 1.54) is 18.3 Å². The molecule has 0 aliphatic heterocycles. The number of nitrogens with zero attached hydrogens (tertiary/aromatic N) is 5. The second-order valence-corrected chi connectivity index (χ2v) is 7.09. The second kappa shape index (κ2) is 6.77. The van der Waals surface area contributed by atoms with Crippen molar-refractivity contribution in [2.24, 2.45) is 0 Å². The molecule has 5 nitrogen and oxygen atoms in total. The van der Waals surface area contributed by atoms with Gasteiger partial charge in [-0.15, -0.1) is 0 Å². The molecule has 4 aromatic rings. The van der Waals surface area contributed by atoms with Gasteiger partial charge in [-0.2, -0.15) is 0 Å². The van der Waals surface area contributed by atoms with Crippen LogP contribution >= 0.6 is 15.9 Å². The van der Waals surface area contributed by atoms with Crippen molar-refractivity contribution in [1.82, 2.24) is 24.5 Å². The molecule has 0 N–H and O–H groups in total. The largest absolute Gasteiger partial charge is 0.304 e. The van der Waals surface area contributed by atoms with E-state index < -0.39 is 5.82 Å². The zero-order chi connectivity index (χ0) is 19.1. The van der Waals surface area contributed by atoms with Crippen LogP contribution in [0.3, 0.4) is 0 Å². The number of halogens is 3. The second-order valence-electron chi connectivity index (χ2n) is 6.18. The molecular formula is C19H14BrF2N5. The van der Waals surface area contributed by atoms with E-state index >= 15 is 0 Å². The molecule has 0 bridgehead atoms. The van der Waals surface area contributed by atoms with Crippen LogP contribution in [0.1, 0.15) is 17.1 Å². The van der Waals surface area contributed by atoms with Gasteiger partial charge in [-0.3, -0.25) is 4.98 Å². The van der Waals surface area contributed by atoms with Gasteiger partial charge in [0.25, 0.3) is 0 Å². The fourth-order valence-electron chi connectivity index (χ4n) is 3.01. The van der Waals surface area contributed by atoms with Crippen LogP contribution in [0, 0.1) is 25.5 Å². The minimum atomic E-state index is -0.473. The Bertz CT molecular complexity index is 1170. The molecule has 0 saturated carbocycles. The van der Waals surface area contributed by atoms with Gasteiger partial charge >= 0.3 is 0 Å². The zero-order valence-electron chi connectivity index (χ0n) is 14.5. The molecule has 1 aromatic carbocycles. The van der Waals surface area contributed by atoms with Crippen LogP contribution in [0.25, 0.3) is 22.6 Å². The molecule has 0 aliphatic carbocycles. The molecule has 3 heterocycles. The highest BCUT2D eigenvalue weighted by Gasteiger charge is 2.19. The summed E-state index contributed by atoms with van der Waals surface area (Å²) in [6.45, 7) is 3.80. The van der Waals surface area contributed by atoms with E-state index in [-0.39, 0.29) is 12.4 Å². The van der Waals surface area contributed by atoms with E-state index in [2.05, 4.69) is 35.9 Å². The minimum Gasteiger partial charge on any atom is -0.304 e. The van der Waals surface area contributed by atoms with Gasteiger partial charge in [-0.1, -0.05) is 15.9 Å². The summed E-state index contributed by atoms with van der Waals surface area (Å²) in [7, 11) is 0. The fraction of sp³-hybridized carbons (Fsp3) is 0.158. The summed E-state index contributed by atoms with van der Waals surface area (Å²) in [5.74, 6) is 0.226. The smallest absolute Gasteiger partial charge is 0.164 e. The van der Waals surface area contributed by atoms with Crippen molar-refractivity contribution in [1.29, 1.82) is 0 Å². The molecular weight excluding hydrogens is 416 g/mol. The SMILES string of the molecule is Cc1nc(C)c2nc(-c3cncc(F)c3)n(Cc3cc(Br)ccc3F)c2n1. The third kappa shape index (κ3) is 3.32. The topological polar surface area (TPSA) is 56.5 Å². The first-order valence-corrected chi connectivity index (χ1v) is 8.98. The summed E-state index contributed by atoms with van der Waals surface area (Å²) in [5.41, 5.74) is 2.81. The first kappa shape index (κ1) is 17.7. The molecule has 0 aliphatic rings. The van der Waals surface area contributed by atoms with Crippen molar-refractivity contribution in [3.05, 3.63) is 69.8 Å². The Kier molecular flexibility index (Phi) is 4.43. The number of aromatic nitrogens is 5. The Morgan fingerprint density at radius 2 is 1.85 bits per heavy atom. The molecule has 0 amide bonds. The Morgan fingerprint density at radius 3 is 2.63 bits per heavy atom. The Morgan fingerprint density at radius 1 is 1.04 bits per heavy atom. The maximum atomic E-state index is 14.4. The summed E-state index contributed by atoms with van der Waals surface area (Å²) in [5, 5.41) is 0. The molecule has 0 spiro atoms. The number of pyridine rings is 1. The summed E-state index contributed by atoms with van der Waals surface area (Å²) in [6.07, 6.45) is 2.65. The fourth-order valence-corrected chi connectivity index (χ4v) is 3.42. The monoisotopic (exact) mass is 429 g/mol. The summed E-state index contributed by atoms with van der Waals surface area (Å²) >= 11 is 3.37. The van der Waals surface area contributed by atoms with Gasteiger partial charge in [-0.25, -0.2) is 23.7 Å². The summed E-state index contributed by atoms with van der Waals surface area (Å²) in [6, 6.07) is 6.08. The predicted octanol–water partition coefficient (Wildman–Crippen LogP) is 4.59. The average molecular weight is 430 g/mol. The van der Waals surface area contributed by atoms with Gasteiger partial charge < -0.3 is 4.57 Å². The summed E-state index contributed by atoms with van der Waals surface area (Å²) in [4.78, 5) is 17.4. The molecule has 27 heavy (non-hydrogen) atoms. The number of hydrogen-bond acceptors (Lipinski definition) is 4. The molecule has 136 valence electrons. The first-order chi connectivity index (χ1) is 12.9. The number of fused-ring (bicyclic) bond motifs is 1. The van der Waals surface area contributed by atoms with Crippen LogP contribution in [0.2, 0.25) is 0 Å². The van der Waals surface area contributed by atoms with Crippen molar-refractivity contribution in [2.75, 3.05) is 0 Å². The minimum absolute atomic E-state index is 0.184. The van der Waals surface area contributed by atoms with E-state index in [1.54, 1.807) is 23.6 Å². The molecule has 0 atom stereocenters. The summed E-state index contributed by atoms with van der Waals surface area (Å²) < 4.78 is 30.6. The van der Waals surface area contributed by atoms with Gasteiger partial charge in [0.15, 0.2) is 5.65 Å². The Hall–Kier alpha value is -2.74. The molecule has 0 fully saturated rings. The number of benzene rings is 1. The van der Waals surface area contributed by atoms with Crippen LogP contribution < -0.4 is 0 Å². The standard InChI is InChI=1S/C19H14BrF2N5/c1-10-17-19(25-11(2)24-10)27(9-13-5-14(20)3-4-16(13)22)18(26-17)12-6-15(21)8-23-7-12/h3-8H,9H2,1-2H3. The quantitative estimate of drug-likeness (QED) is 0.477. The van der Waals surface area contributed by atoms with Gasteiger partial charge in [0.05, 0.1) is 18.4 Å². The van der Waals surface area contributed by atoms with Crippen molar-refractivity contribution in [3.8, 4) is 11.4 Å². The van der Waals surface area contributed by atoms with E-state index in [0.717, 1.165) is 10.7 Å². The van der Waals surface area contributed by atoms with Gasteiger partial charge in [-0.05, 0) is 38.1 Å². The first-order valence-electron chi connectivity index (χ1n) is 8.18. The highest BCUT2D eigenvalue weighted by Crippen LogP contribution is 2.27. The van der Waals surface area contributed by atoms with Crippen LogP contribution in [0.5, 0.6) is 0 Å². The lowest BCUT2D eigenvalue weighted by Gasteiger charge is -2.10. The van der Waals surface area contributed by atoms with Crippen LogP contribution in [-0.2, 0) is 6.54 Å². The normalized spacial score (nSPS) is 11.3. The maximum Gasteiger partial charge on any atom is 0.164 e. The lowest BCUT2D eigenvalue weighted by Crippen LogP contribution is -2.06. The zero-order valence-corrected chi connectivity index (χ0v) is 16.1. The molecule has 0 saturated heterocycles. The van der Waals surface area contributed by atoms with Crippen LogP contribution in [-0.4, -0.2) is 24.5 Å². The van der Waals surface area contributed by atoms with Crippen LogP contribution in [0.4, 0.5) is 8.78 Å². The number of imidazole rings is 1. The van der Waals surface area contributed by atoms with E-state index in [1.807, 2.05) is 6.92 Å². The van der Waals surface area contributed by atoms with Gasteiger partial charge in [0, 0.05) is 21.8 Å². The van der Waals surface area contributed by atoms with E-state index in [0.29, 0.717) is 39.6 Å². The van der Waals surface area contributed by atoms with Crippen molar-refractivity contribution in [2.45, 2.75) is 20.4 Å². The highest BCUT2D eigenvalue weighted by atomic mass is 79.9. The lowest BCUT2D eigenvalue weighted by molar-refractivity contribution is 0.601.